The minimum atomic E-state index is 0.888. The smallest absolute Gasteiger partial charge is 0.0973 e. The van der Waals surface area contributed by atoms with E-state index in [4.69, 9.17) is 9.97 Å². The van der Waals surface area contributed by atoms with Crippen LogP contribution in [0.2, 0.25) is 0 Å². The van der Waals surface area contributed by atoms with Crippen molar-refractivity contribution in [1.82, 2.24) is 14.5 Å². The van der Waals surface area contributed by atoms with Gasteiger partial charge < -0.3 is 4.57 Å². The van der Waals surface area contributed by atoms with Gasteiger partial charge in [0.15, 0.2) is 0 Å². The summed E-state index contributed by atoms with van der Waals surface area (Å²) in [7, 11) is 0. The molecule has 0 spiro atoms. The van der Waals surface area contributed by atoms with Gasteiger partial charge in [-0.2, -0.15) is 0 Å². The Morgan fingerprint density at radius 2 is 0.824 bits per heavy atom. The van der Waals surface area contributed by atoms with E-state index in [2.05, 4.69) is 150 Å². The first-order valence-corrected chi connectivity index (χ1v) is 17.4. The Bertz CT molecular complexity index is 3180. The standard InChI is InChI=1S/C48H29N3/c1-3-13-30(14-4-1)47-48(50-44-22-12-11-21-43(44)49-47)33-23-24-37-38(26-33)35-19-9-10-20-36(35)40-29-46-42(28-39(37)40)41-25-31-15-7-8-16-32(31)27-45(41)51(46)34-17-5-2-6-18-34/h1-29H. The van der Waals surface area contributed by atoms with E-state index in [1.165, 1.54) is 64.9 Å². The summed E-state index contributed by atoms with van der Waals surface area (Å²) in [6.07, 6.45) is 0. The molecule has 11 aromatic rings. The molecule has 11 rings (SSSR count). The predicted octanol–water partition coefficient (Wildman–Crippen LogP) is 12.7. The third-order valence-corrected chi connectivity index (χ3v) is 10.5. The molecular formula is C48H29N3. The van der Waals surface area contributed by atoms with Gasteiger partial charge in [-0.1, -0.05) is 121 Å². The van der Waals surface area contributed by atoms with Crippen molar-refractivity contribution in [1.29, 1.82) is 0 Å². The van der Waals surface area contributed by atoms with Crippen LogP contribution >= 0.6 is 0 Å². The molecule has 0 atom stereocenters. The van der Waals surface area contributed by atoms with Crippen LogP contribution in [0.25, 0.3) is 104 Å². The van der Waals surface area contributed by atoms with Gasteiger partial charge in [-0.05, 0) is 97.7 Å². The second kappa shape index (κ2) is 10.8. The van der Waals surface area contributed by atoms with Crippen molar-refractivity contribution in [3.05, 3.63) is 176 Å². The Morgan fingerprint density at radius 3 is 1.55 bits per heavy atom. The molecule has 9 aromatic carbocycles. The van der Waals surface area contributed by atoms with Crippen molar-refractivity contribution >= 4 is 75.9 Å². The van der Waals surface area contributed by atoms with Crippen LogP contribution in [0.4, 0.5) is 0 Å². The third-order valence-electron chi connectivity index (χ3n) is 10.5. The van der Waals surface area contributed by atoms with Crippen molar-refractivity contribution in [3.63, 3.8) is 0 Å². The highest BCUT2D eigenvalue weighted by atomic mass is 15.0. The summed E-state index contributed by atoms with van der Waals surface area (Å²) in [5.41, 5.74) is 9.25. The molecular weight excluding hydrogens is 619 g/mol. The van der Waals surface area contributed by atoms with Gasteiger partial charge in [0.25, 0.3) is 0 Å². The van der Waals surface area contributed by atoms with Crippen LogP contribution in [-0.4, -0.2) is 14.5 Å². The molecule has 3 nitrogen and oxygen atoms in total. The number of fused-ring (bicyclic) bond motifs is 11. The van der Waals surface area contributed by atoms with E-state index < -0.39 is 0 Å². The molecule has 0 N–H and O–H groups in total. The van der Waals surface area contributed by atoms with Crippen LogP contribution in [0.3, 0.4) is 0 Å². The van der Waals surface area contributed by atoms with Crippen molar-refractivity contribution in [3.8, 4) is 28.2 Å². The highest BCUT2D eigenvalue weighted by Crippen LogP contribution is 2.43. The lowest BCUT2D eigenvalue weighted by Crippen LogP contribution is -1.96. The lowest BCUT2D eigenvalue weighted by Gasteiger charge is -2.15. The van der Waals surface area contributed by atoms with Gasteiger partial charge in [0.05, 0.1) is 33.5 Å². The third kappa shape index (κ3) is 4.25. The molecule has 3 heteroatoms. The molecule has 0 saturated carbocycles. The molecule has 0 bridgehead atoms. The average Bonchev–Trinajstić information content (AvgIpc) is 3.51. The molecule has 0 fully saturated rings. The minimum Gasteiger partial charge on any atom is -0.309 e. The fraction of sp³-hybridized carbons (Fsp3) is 0. The molecule has 236 valence electrons. The number of hydrogen-bond acceptors (Lipinski definition) is 2. The summed E-state index contributed by atoms with van der Waals surface area (Å²) in [5, 5.41) is 12.4. The van der Waals surface area contributed by atoms with Gasteiger partial charge >= 0.3 is 0 Å². The first-order chi connectivity index (χ1) is 25.3. The first kappa shape index (κ1) is 28.0. The monoisotopic (exact) mass is 647 g/mol. The molecule has 0 saturated heterocycles. The summed E-state index contributed by atoms with van der Waals surface area (Å²) in [4.78, 5) is 10.4. The van der Waals surface area contributed by atoms with Crippen molar-refractivity contribution < 1.29 is 0 Å². The first-order valence-electron chi connectivity index (χ1n) is 17.4. The quantitative estimate of drug-likeness (QED) is 0.179. The number of benzene rings is 9. The van der Waals surface area contributed by atoms with E-state index in [1.807, 2.05) is 30.3 Å². The zero-order valence-electron chi connectivity index (χ0n) is 27.6. The molecule has 51 heavy (non-hydrogen) atoms. The number of nitrogens with zero attached hydrogens (tertiary/aromatic N) is 3. The fourth-order valence-corrected chi connectivity index (χ4v) is 8.15. The Balaban J connectivity index is 1.25. The largest absolute Gasteiger partial charge is 0.309 e. The van der Waals surface area contributed by atoms with Crippen molar-refractivity contribution in [2.45, 2.75) is 0 Å². The summed E-state index contributed by atoms with van der Waals surface area (Å²) >= 11 is 0. The van der Waals surface area contributed by atoms with E-state index >= 15 is 0 Å². The summed E-state index contributed by atoms with van der Waals surface area (Å²) in [6, 6.07) is 63.2. The molecule has 0 radical (unpaired) electrons. The zero-order chi connectivity index (χ0) is 33.5. The average molecular weight is 648 g/mol. The molecule has 2 heterocycles. The molecule has 0 aliphatic heterocycles. The molecule has 0 amide bonds. The highest BCUT2D eigenvalue weighted by molar-refractivity contribution is 6.29. The maximum absolute atomic E-state index is 5.24. The second-order valence-corrected chi connectivity index (χ2v) is 13.4. The van der Waals surface area contributed by atoms with Crippen LogP contribution in [0.1, 0.15) is 0 Å². The predicted molar refractivity (Wildman–Crippen MR) is 215 cm³/mol. The van der Waals surface area contributed by atoms with Crippen molar-refractivity contribution in [2.75, 3.05) is 0 Å². The summed E-state index contributed by atoms with van der Waals surface area (Å²) in [6.45, 7) is 0. The maximum atomic E-state index is 5.24. The van der Waals surface area contributed by atoms with Crippen LogP contribution < -0.4 is 0 Å². The number of para-hydroxylation sites is 3. The van der Waals surface area contributed by atoms with Crippen LogP contribution in [0.15, 0.2) is 176 Å². The minimum absolute atomic E-state index is 0.888. The second-order valence-electron chi connectivity index (χ2n) is 13.4. The Morgan fingerprint density at radius 1 is 0.314 bits per heavy atom. The van der Waals surface area contributed by atoms with Gasteiger partial charge in [-0.3, -0.25) is 0 Å². The van der Waals surface area contributed by atoms with Crippen LogP contribution in [0, 0.1) is 0 Å². The lowest BCUT2D eigenvalue weighted by molar-refractivity contribution is 1.18. The lowest BCUT2D eigenvalue weighted by atomic mass is 9.91. The molecule has 0 aliphatic carbocycles. The molecule has 2 aromatic heterocycles. The van der Waals surface area contributed by atoms with E-state index in [0.717, 1.165) is 39.2 Å². The fourth-order valence-electron chi connectivity index (χ4n) is 8.15. The molecule has 0 unspecified atom stereocenters. The highest BCUT2D eigenvalue weighted by Gasteiger charge is 2.19. The summed E-state index contributed by atoms with van der Waals surface area (Å²) < 4.78 is 2.43. The van der Waals surface area contributed by atoms with E-state index in [1.54, 1.807) is 0 Å². The van der Waals surface area contributed by atoms with Gasteiger partial charge in [0.2, 0.25) is 0 Å². The molecule has 0 aliphatic rings. The summed E-state index contributed by atoms with van der Waals surface area (Å²) in [5.74, 6) is 0. The maximum Gasteiger partial charge on any atom is 0.0973 e. The van der Waals surface area contributed by atoms with E-state index in [0.29, 0.717) is 0 Å². The van der Waals surface area contributed by atoms with Crippen LogP contribution in [-0.2, 0) is 0 Å². The van der Waals surface area contributed by atoms with E-state index in [9.17, 15) is 0 Å². The number of aromatic nitrogens is 3. The topological polar surface area (TPSA) is 30.7 Å². The Labute approximate surface area is 293 Å². The van der Waals surface area contributed by atoms with Gasteiger partial charge in [-0.25, -0.2) is 9.97 Å². The Hall–Kier alpha value is -6.84. The van der Waals surface area contributed by atoms with Crippen LogP contribution in [0.5, 0.6) is 0 Å². The normalized spacial score (nSPS) is 11.9. The zero-order valence-corrected chi connectivity index (χ0v) is 27.6. The number of rotatable bonds is 3. The van der Waals surface area contributed by atoms with Crippen molar-refractivity contribution in [2.24, 2.45) is 0 Å². The van der Waals surface area contributed by atoms with Gasteiger partial charge in [-0.15, -0.1) is 0 Å². The Kier molecular flexibility index (Phi) is 5.96. The van der Waals surface area contributed by atoms with Gasteiger partial charge in [0.1, 0.15) is 0 Å². The van der Waals surface area contributed by atoms with E-state index in [-0.39, 0.29) is 0 Å². The SMILES string of the molecule is c1ccc(-c2nc3ccccc3nc2-c2ccc3c(c2)c2ccccc2c2cc4c(cc32)c2cc3ccccc3cc2n4-c2ccccc2)cc1. The van der Waals surface area contributed by atoms with Gasteiger partial charge in [0, 0.05) is 27.6 Å². The number of hydrogen-bond donors (Lipinski definition) is 0.